The summed E-state index contributed by atoms with van der Waals surface area (Å²) in [6.45, 7) is 5.28. The van der Waals surface area contributed by atoms with E-state index < -0.39 is 0 Å². The Labute approximate surface area is 119 Å². The summed E-state index contributed by atoms with van der Waals surface area (Å²) in [6, 6.07) is 9.69. The van der Waals surface area contributed by atoms with E-state index in [1.165, 1.54) is 6.92 Å². The van der Waals surface area contributed by atoms with Crippen molar-refractivity contribution in [2.24, 2.45) is 0 Å². The SMILES string of the molecule is CCCn1nccc1CNc1cccc(NC(C)=O)c1. The fourth-order valence-electron chi connectivity index (χ4n) is 2.03. The highest BCUT2D eigenvalue weighted by Crippen LogP contribution is 2.16. The van der Waals surface area contributed by atoms with Crippen LogP contribution in [0.15, 0.2) is 36.5 Å². The zero-order chi connectivity index (χ0) is 14.4. The maximum Gasteiger partial charge on any atom is 0.221 e. The van der Waals surface area contributed by atoms with Crippen LogP contribution in [0.5, 0.6) is 0 Å². The highest BCUT2D eigenvalue weighted by Gasteiger charge is 2.02. The Morgan fingerprint density at radius 2 is 2.10 bits per heavy atom. The van der Waals surface area contributed by atoms with Gasteiger partial charge in [-0.05, 0) is 30.7 Å². The van der Waals surface area contributed by atoms with E-state index in [4.69, 9.17) is 0 Å². The second-order valence-corrected chi connectivity index (χ2v) is 4.66. The first-order chi connectivity index (χ1) is 9.69. The van der Waals surface area contributed by atoms with Gasteiger partial charge in [0.15, 0.2) is 0 Å². The zero-order valence-electron chi connectivity index (χ0n) is 11.9. The summed E-state index contributed by atoms with van der Waals surface area (Å²) >= 11 is 0. The summed E-state index contributed by atoms with van der Waals surface area (Å²) in [4.78, 5) is 11.0. The molecule has 0 atom stereocenters. The monoisotopic (exact) mass is 272 g/mol. The van der Waals surface area contributed by atoms with Crippen LogP contribution in [0.25, 0.3) is 0 Å². The van der Waals surface area contributed by atoms with Gasteiger partial charge < -0.3 is 10.6 Å². The molecule has 1 amide bonds. The largest absolute Gasteiger partial charge is 0.379 e. The topological polar surface area (TPSA) is 59.0 Å². The first-order valence-electron chi connectivity index (χ1n) is 6.81. The molecule has 2 aromatic rings. The normalized spacial score (nSPS) is 10.3. The van der Waals surface area contributed by atoms with E-state index in [1.807, 2.05) is 41.2 Å². The number of amides is 1. The van der Waals surface area contributed by atoms with E-state index in [0.29, 0.717) is 6.54 Å². The van der Waals surface area contributed by atoms with Gasteiger partial charge in [-0.15, -0.1) is 0 Å². The molecular weight excluding hydrogens is 252 g/mol. The number of aromatic nitrogens is 2. The lowest BCUT2D eigenvalue weighted by molar-refractivity contribution is -0.114. The number of anilines is 2. The molecule has 0 fully saturated rings. The Morgan fingerprint density at radius 3 is 2.85 bits per heavy atom. The van der Waals surface area contributed by atoms with Gasteiger partial charge in [0.1, 0.15) is 0 Å². The van der Waals surface area contributed by atoms with Crippen molar-refractivity contribution in [3.8, 4) is 0 Å². The van der Waals surface area contributed by atoms with Crippen molar-refractivity contribution in [1.82, 2.24) is 9.78 Å². The van der Waals surface area contributed by atoms with Crippen molar-refractivity contribution in [2.45, 2.75) is 33.4 Å². The molecule has 1 aromatic heterocycles. The number of hydrogen-bond donors (Lipinski definition) is 2. The van der Waals surface area contributed by atoms with E-state index in [1.54, 1.807) is 0 Å². The molecule has 5 nitrogen and oxygen atoms in total. The summed E-state index contributed by atoms with van der Waals surface area (Å²) in [7, 11) is 0. The van der Waals surface area contributed by atoms with Crippen LogP contribution in [0.3, 0.4) is 0 Å². The summed E-state index contributed by atoms with van der Waals surface area (Å²) in [6.07, 6.45) is 2.88. The molecule has 0 saturated carbocycles. The lowest BCUT2D eigenvalue weighted by Crippen LogP contribution is -2.09. The van der Waals surface area contributed by atoms with Crippen LogP contribution >= 0.6 is 0 Å². The van der Waals surface area contributed by atoms with E-state index >= 15 is 0 Å². The van der Waals surface area contributed by atoms with Crippen molar-refractivity contribution in [3.05, 3.63) is 42.2 Å². The van der Waals surface area contributed by atoms with E-state index in [2.05, 4.69) is 22.7 Å². The Kier molecular flexibility index (Phi) is 4.76. The molecule has 0 spiro atoms. The summed E-state index contributed by atoms with van der Waals surface area (Å²) in [5, 5.41) is 10.4. The molecule has 0 radical (unpaired) electrons. The number of carbonyl (C=O) groups excluding carboxylic acids is 1. The molecule has 0 aliphatic rings. The summed E-state index contributed by atoms with van der Waals surface area (Å²) in [5.41, 5.74) is 2.92. The third kappa shape index (κ3) is 3.85. The van der Waals surface area contributed by atoms with Crippen molar-refractivity contribution < 1.29 is 4.79 Å². The fraction of sp³-hybridized carbons (Fsp3) is 0.333. The van der Waals surface area contributed by atoms with Gasteiger partial charge in [-0.1, -0.05) is 13.0 Å². The summed E-state index contributed by atoms with van der Waals surface area (Å²) < 4.78 is 2.00. The molecule has 2 N–H and O–H groups in total. The lowest BCUT2D eigenvalue weighted by atomic mass is 10.2. The Hall–Kier alpha value is -2.30. The Bertz CT molecular complexity index is 577. The van der Waals surface area contributed by atoms with Gasteiger partial charge in [0.05, 0.1) is 12.2 Å². The number of benzene rings is 1. The third-order valence-corrected chi connectivity index (χ3v) is 2.90. The van der Waals surface area contributed by atoms with Gasteiger partial charge in [0.25, 0.3) is 0 Å². The number of carbonyl (C=O) groups is 1. The van der Waals surface area contributed by atoms with Crippen LogP contribution in [0.2, 0.25) is 0 Å². The van der Waals surface area contributed by atoms with Crippen molar-refractivity contribution >= 4 is 17.3 Å². The van der Waals surface area contributed by atoms with Crippen LogP contribution in [0.1, 0.15) is 26.0 Å². The van der Waals surface area contributed by atoms with Gasteiger partial charge in [-0.3, -0.25) is 9.48 Å². The molecule has 0 aliphatic carbocycles. The van der Waals surface area contributed by atoms with Crippen LogP contribution in [0.4, 0.5) is 11.4 Å². The minimum absolute atomic E-state index is 0.0665. The van der Waals surface area contributed by atoms with Gasteiger partial charge in [0.2, 0.25) is 5.91 Å². The summed E-state index contributed by atoms with van der Waals surface area (Å²) in [5.74, 6) is -0.0665. The minimum atomic E-state index is -0.0665. The number of nitrogens with one attached hydrogen (secondary N) is 2. The predicted octanol–water partition coefficient (Wildman–Crippen LogP) is 2.86. The molecule has 0 aliphatic heterocycles. The van der Waals surface area contributed by atoms with E-state index in [-0.39, 0.29) is 5.91 Å². The number of hydrogen-bond acceptors (Lipinski definition) is 3. The highest BCUT2D eigenvalue weighted by molar-refractivity contribution is 5.89. The molecule has 1 heterocycles. The molecule has 20 heavy (non-hydrogen) atoms. The average Bonchev–Trinajstić information content (AvgIpc) is 2.84. The maximum absolute atomic E-state index is 11.0. The second-order valence-electron chi connectivity index (χ2n) is 4.66. The van der Waals surface area contributed by atoms with E-state index in [9.17, 15) is 4.79 Å². The second kappa shape index (κ2) is 6.75. The highest BCUT2D eigenvalue weighted by atomic mass is 16.1. The average molecular weight is 272 g/mol. The first-order valence-corrected chi connectivity index (χ1v) is 6.81. The molecule has 0 bridgehead atoms. The molecular formula is C15H20N4O. The number of nitrogens with zero attached hydrogens (tertiary/aromatic N) is 2. The maximum atomic E-state index is 11.0. The predicted molar refractivity (Wildman–Crippen MR) is 80.6 cm³/mol. The number of aryl methyl sites for hydroxylation is 1. The van der Waals surface area contributed by atoms with Crippen LogP contribution < -0.4 is 10.6 Å². The third-order valence-electron chi connectivity index (χ3n) is 2.90. The Balaban J connectivity index is 1.99. The van der Waals surface area contributed by atoms with Crippen LogP contribution in [-0.2, 0) is 17.9 Å². The van der Waals surface area contributed by atoms with Crippen LogP contribution in [0, 0.1) is 0 Å². The quantitative estimate of drug-likeness (QED) is 0.850. The molecule has 2 rings (SSSR count). The van der Waals surface area contributed by atoms with Crippen molar-refractivity contribution in [1.29, 1.82) is 0 Å². The van der Waals surface area contributed by atoms with Crippen molar-refractivity contribution in [3.63, 3.8) is 0 Å². The molecule has 0 unspecified atom stereocenters. The van der Waals surface area contributed by atoms with Gasteiger partial charge in [-0.25, -0.2) is 0 Å². The minimum Gasteiger partial charge on any atom is -0.379 e. The lowest BCUT2D eigenvalue weighted by Gasteiger charge is -2.10. The number of rotatable bonds is 6. The van der Waals surface area contributed by atoms with E-state index in [0.717, 1.165) is 30.0 Å². The first kappa shape index (κ1) is 14.1. The van der Waals surface area contributed by atoms with Crippen LogP contribution in [-0.4, -0.2) is 15.7 Å². The zero-order valence-corrected chi connectivity index (χ0v) is 11.9. The fourth-order valence-corrected chi connectivity index (χ4v) is 2.03. The smallest absolute Gasteiger partial charge is 0.221 e. The molecule has 5 heteroatoms. The molecule has 1 aromatic carbocycles. The van der Waals surface area contributed by atoms with Gasteiger partial charge in [-0.2, -0.15) is 5.10 Å². The standard InChI is InChI=1S/C15H20N4O/c1-3-9-19-15(7-8-17-19)11-16-13-5-4-6-14(10-13)18-12(2)20/h4-8,10,16H,3,9,11H2,1-2H3,(H,18,20). The van der Waals surface area contributed by atoms with Crippen molar-refractivity contribution in [2.75, 3.05) is 10.6 Å². The molecule has 0 saturated heterocycles. The van der Waals surface area contributed by atoms with Gasteiger partial charge >= 0.3 is 0 Å². The Morgan fingerprint density at radius 1 is 1.30 bits per heavy atom. The van der Waals surface area contributed by atoms with Gasteiger partial charge in [0, 0.05) is 31.0 Å². The molecule has 106 valence electrons.